The van der Waals surface area contributed by atoms with Crippen molar-refractivity contribution in [1.82, 2.24) is 10.6 Å². The van der Waals surface area contributed by atoms with Crippen LogP contribution in [-0.4, -0.2) is 36.9 Å². The molecular weight excluding hydrogens is 601 g/mol. The van der Waals surface area contributed by atoms with Crippen molar-refractivity contribution in [2.24, 2.45) is 16.6 Å². The van der Waals surface area contributed by atoms with Crippen molar-refractivity contribution < 1.29 is 27.9 Å². The van der Waals surface area contributed by atoms with E-state index in [1.807, 2.05) is 20.8 Å². The van der Waals surface area contributed by atoms with Gasteiger partial charge in [-0.15, -0.1) is 0 Å². The Bertz CT molecular complexity index is 1550. The minimum absolute atomic E-state index is 0.00992. The zero-order chi connectivity index (χ0) is 31.7. The molecule has 4 atom stereocenters. The van der Waals surface area contributed by atoms with Gasteiger partial charge in [0.2, 0.25) is 17.7 Å². The SMILES string of the molecule is COc1cc(C(N)=O)ccc1NC(=O)C1NC(CC(C)(C)C)C2(C=C(F)C=C(Cl)C=CNC2=O)C1c1cccc(Cl)c1F. The second-order valence-corrected chi connectivity index (χ2v) is 12.5. The molecule has 2 aromatic rings. The molecule has 2 heterocycles. The second kappa shape index (κ2) is 12.5. The number of rotatable bonds is 6. The highest BCUT2D eigenvalue weighted by atomic mass is 35.5. The smallest absolute Gasteiger partial charge is 0.248 e. The Morgan fingerprint density at radius 3 is 2.53 bits per heavy atom. The fourth-order valence-electron chi connectivity index (χ4n) is 5.69. The molecule has 0 saturated carbocycles. The van der Waals surface area contributed by atoms with Crippen molar-refractivity contribution in [3.63, 3.8) is 0 Å². The van der Waals surface area contributed by atoms with Gasteiger partial charge in [-0.2, -0.15) is 0 Å². The average Bonchev–Trinajstić information content (AvgIpc) is 3.24. The number of hydrogen-bond acceptors (Lipinski definition) is 5. The lowest BCUT2D eigenvalue weighted by Crippen LogP contribution is -2.50. The molecule has 43 heavy (non-hydrogen) atoms. The van der Waals surface area contributed by atoms with Crippen LogP contribution >= 0.6 is 23.2 Å². The average molecular weight is 634 g/mol. The molecule has 0 aliphatic carbocycles. The monoisotopic (exact) mass is 632 g/mol. The highest BCUT2D eigenvalue weighted by Gasteiger charge is 2.62. The summed E-state index contributed by atoms with van der Waals surface area (Å²) in [6.07, 6.45) is 5.01. The quantitative estimate of drug-likeness (QED) is 0.326. The molecule has 0 aromatic heterocycles. The first-order chi connectivity index (χ1) is 20.2. The Morgan fingerprint density at radius 1 is 1.16 bits per heavy atom. The first kappa shape index (κ1) is 32.2. The third-order valence-electron chi connectivity index (χ3n) is 7.47. The lowest BCUT2D eigenvalue weighted by atomic mass is 9.64. The van der Waals surface area contributed by atoms with E-state index in [0.717, 1.165) is 12.2 Å². The predicted molar refractivity (Wildman–Crippen MR) is 162 cm³/mol. The summed E-state index contributed by atoms with van der Waals surface area (Å²) in [5.41, 5.74) is 3.40. The molecule has 2 aromatic carbocycles. The van der Waals surface area contributed by atoms with Crippen molar-refractivity contribution in [2.75, 3.05) is 12.4 Å². The number of anilines is 1. The number of primary amides is 1. The van der Waals surface area contributed by atoms with Crippen LogP contribution in [0.15, 0.2) is 71.7 Å². The van der Waals surface area contributed by atoms with Gasteiger partial charge in [0, 0.05) is 28.8 Å². The van der Waals surface area contributed by atoms with Gasteiger partial charge < -0.3 is 26.4 Å². The second-order valence-electron chi connectivity index (χ2n) is 11.6. The summed E-state index contributed by atoms with van der Waals surface area (Å²) in [6, 6.07) is 6.32. The van der Waals surface area contributed by atoms with Crippen molar-refractivity contribution >= 4 is 46.6 Å². The van der Waals surface area contributed by atoms with E-state index < -0.39 is 58.2 Å². The number of carbonyl (C=O) groups excluding carboxylic acids is 3. The molecule has 2 aliphatic heterocycles. The molecule has 1 fully saturated rings. The standard InChI is InChI=1S/C31H32Cl2F2N4O4/c1-30(2,3)15-23-31(14-18(34)13-17(32)10-11-37-29(31)42)24(19-6-5-7-20(33)25(19)35)26(39-23)28(41)38-21-9-8-16(27(36)40)12-22(21)43-4/h5-14,23-24,26,39H,15H2,1-4H3,(H2,36,40)(H,37,42)(H,38,41). The van der Waals surface area contributed by atoms with Gasteiger partial charge in [0.05, 0.1) is 29.3 Å². The highest BCUT2D eigenvalue weighted by molar-refractivity contribution is 6.31. The number of nitrogens with one attached hydrogen (secondary N) is 3. The topological polar surface area (TPSA) is 123 Å². The summed E-state index contributed by atoms with van der Waals surface area (Å²) in [7, 11) is 1.35. The van der Waals surface area contributed by atoms with E-state index >= 15 is 8.78 Å². The minimum atomic E-state index is -1.84. The van der Waals surface area contributed by atoms with Crippen LogP contribution in [0.1, 0.15) is 49.0 Å². The van der Waals surface area contributed by atoms with Gasteiger partial charge in [0.25, 0.3) is 0 Å². The number of ether oxygens (including phenoxy) is 1. The maximum absolute atomic E-state index is 15.9. The molecule has 4 unspecified atom stereocenters. The number of amides is 3. The van der Waals surface area contributed by atoms with Gasteiger partial charge in [-0.05, 0) is 59.9 Å². The Kier molecular flexibility index (Phi) is 9.34. The molecule has 228 valence electrons. The molecular formula is C31H32Cl2F2N4O4. The van der Waals surface area contributed by atoms with Crippen LogP contribution < -0.4 is 26.4 Å². The Morgan fingerprint density at radius 2 is 1.88 bits per heavy atom. The van der Waals surface area contributed by atoms with E-state index in [0.29, 0.717) is 0 Å². The fourth-order valence-corrected chi connectivity index (χ4v) is 6.04. The molecule has 12 heteroatoms. The molecule has 8 nitrogen and oxygen atoms in total. The maximum Gasteiger partial charge on any atom is 0.248 e. The lowest BCUT2D eigenvalue weighted by Gasteiger charge is -2.38. The zero-order valence-corrected chi connectivity index (χ0v) is 25.4. The fraction of sp³-hybridized carbons (Fsp3) is 0.323. The van der Waals surface area contributed by atoms with E-state index in [1.165, 1.54) is 55.8 Å². The van der Waals surface area contributed by atoms with E-state index in [-0.39, 0.29) is 39.0 Å². The summed E-state index contributed by atoms with van der Waals surface area (Å²) in [4.78, 5) is 40.0. The van der Waals surface area contributed by atoms with Gasteiger partial charge in [-0.25, -0.2) is 8.78 Å². The zero-order valence-electron chi connectivity index (χ0n) is 23.9. The van der Waals surface area contributed by atoms with E-state index in [2.05, 4.69) is 16.0 Å². The molecule has 1 saturated heterocycles. The number of hydrogen-bond donors (Lipinski definition) is 4. The van der Waals surface area contributed by atoms with Gasteiger partial charge in [0.15, 0.2) is 0 Å². The number of nitrogens with two attached hydrogens (primary N) is 1. The van der Waals surface area contributed by atoms with Crippen molar-refractivity contribution in [2.45, 2.75) is 45.2 Å². The molecule has 5 N–H and O–H groups in total. The Hall–Kier alpha value is -3.73. The Labute approximate surface area is 258 Å². The van der Waals surface area contributed by atoms with Crippen LogP contribution in [0.5, 0.6) is 5.75 Å². The number of methoxy groups -OCH3 is 1. The van der Waals surface area contributed by atoms with Crippen LogP contribution in [0, 0.1) is 16.6 Å². The lowest BCUT2D eigenvalue weighted by molar-refractivity contribution is -0.129. The number of halogens is 4. The molecule has 0 bridgehead atoms. The van der Waals surface area contributed by atoms with Crippen molar-refractivity contribution in [3.8, 4) is 5.75 Å². The van der Waals surface area contributed by atoms with Gasteiger partial charge >= 0.3 is 0 Å². The first-order valence-corrected chi connectivity index (χ1v) is 14.1. The third kappa shape index (κ3) is 6.61. The summed E-state index contributed by atoms with van der Waals surface area (Å²) in [6.45, 7) is 5.79. The first-order valence-electron chi connectivity index (χ1n) is 13.4. The third-order valence-corrected chi connectivity index (χ3v) is 7.99. The van der Waals surface area contributed by atoms with Gasteiger partial charge in [-0.3, -0.25) is 14.4 Å². The van der Waals surface area contributed by atoms with Crippen LogP contribution in [0.25, 0.3) is 0 Å². The van der Waals surface area contributed by atoms with E-state index in [4.69, 9.17) is 33.7 Å². The number of allylic oxidation sites excluding steroid dienone is 4. The highest BCUT2D eigenvalue weighted by Crippen LogP contribution is 2.53. The largest absolute Gasteiger partial charge is 0.495 e. The maximum atomic E-state index is 15.9. The van der Waals surface area contributed by atoms with Crippen LogP contribution in [0.3, 0.4) is 0 Å². The number of benzene rings is 2. The van der Waals surface area contributed by atoms with Gasteiger partial charge in [0.1, 0.15) is 17.4 Å². The molecule has 0 radical (unpaired) electrons. The van der Waals surface area contributed by atoms with E-state index in [9.17, 15) is 14.4 Å². The summed E-state index contributed by atoms with van der Waals surface area (Å²) < 4.78 is 36.9. The molecule has 4 rings (SSSR count). The van der Waals surface area contributed by atoms with Crippen LogP contribution in [0.2, 0.25) is 5.02 Å². The Balaban J connectivity index is 1.95. The summed E-state index contributed by atoms with van der Waals surface area (Å²) in [5, 5.41) is 8.42. The van der Waals surface area contributed by atoms with Crippen molar-refractivity contribution in [1.29, 1.82) is 0 Å². The van der Waals surface area contributed by atoms with Crippen molar-refractivity contribution in [3.05, 3.63) is 93.7 Å². The normalized spacial score (nSPS) is 23.9. The summed E-state index contributed by atoms with van der Waals surface area (Å²) >= 11 is 12.3. The van der Waals surface area contributed by atoms with E-state index in [1.54, 1.807) is 0 Å². The van der Waals surface area contributed by atoms with Crippen LogP contribution in [0.4, 0.5) is 14.5 Å². The van der Waals surface area contributed by atoms with Crippen LogP contribution in [-0.2, 0) is 9.59 Å². The number of carbonyl (C=O) groups is 3. The summed E-state index contributed by atoms with van der Waals surface area (Å²) in [5.74, 6) is -4.88. The van der Waals surface area contributed by atoms with Gasteiger partial charge in [-0.1, -0.05) is 56.1 Å². The predicted octanol–water partition coefficient (Wildman–Crippen LogP) is 5.69. The molecule has 2 aliphatic rings. The molecule has 3 amide bonds. The molecule has 1 spiro atoms. The minimum Gasteiger partial charge on any atom is -0.495 e.